The number of likely N-dealkylation sites (tertiary alicyclic amines) is 1. The molecule has 2 aliphatic rings. The Morgan fingerprint density at radius 3 is 2.75 bits per heavy atom. The minimum atomic E-state index is 0.188. The van der Waals surface area contributed by atoms with Crippen LogP contribution in [-0.2, 0) is 11.2 Å². The molecule has 1 amide bonds. The van der Waals surface area contributed by atoms with Gasteiger partial charge in [0.2, 0.25) is 5.91 Å². The van der Waals surface area contributed by atoms with Gasteiger partial charge in [0.1, 0.15) is 0 Å². The maximum atomic E-state index is 12.7. The predicted molar refractivity (Wildman–Crippen MR) is 97.2 cm³/mol. The van der Waals surface area contributed by atoms with Crippen molar-refractivity contribution >= 4 is 11.6 Å². The van der Waals surface area contributed by atoms with Gasteiger partial charge >= 0.3 is 0 Å². The summed E-state index contributed by atoms with van der Waals surface area (Å²) in [5, 5.41) is 9.41. The van der Waals surface area contributed by atoms with Crippen molar-refractivity contribution in [2.24, 2.45) is 5.92 Å². The van der Waals surface area contributed by atoms with E-state index in [9.17, 15) is 9.90 Å². The topological polar surface area (TPSA) is 43.8 Å². The smallest absolute Gasteiger partial charge is 0.224 e. The summed E-state index contributed by atoms with van der Waals surface area (Å²) < 4.78 is 0. The normalized spacial score (nSPS) is 27.0. The van der Waals surface area contributed by atoms with Crippen LogP contribution in [0.25, 0.3) is 0 Å². The van der Waals surface area contributed by atoms with Crippen LogP contribution in [0.5, 0.6) is 0 Å². The van der Waals surface area contributed by atoms with Crippen LogP contribution in [0.4, 0.5) is 5.69 Å². The lowest BCUT2D eigenvalue weighted by atomic mass is 9.93. The number of amides is 1. The minimum Gasteiger partial charge on any atom is -0.396 e. The Labute approximate surface area is 145 Å². The van der Waals surface area contributed by atoms with Gasteiger partial charge in [-0.25, -0.2) is 0 Å². The second-order valence-electron chi connectivity index (χ2n) is 7.48. The van der Waals surface area contributed by atoms with Crippen LogP contribution >= 0.6 is 0 Å². The van der Waals surface area contributed by atoms with Gasteiger partial charge in [-0.05, 0) is 57.1 Å². The van der Waals surface area contributed by atoms with Crippen molar-refractivity contribution in [3.8, 4) is 0 Å². The number of rotatable bonds is 4. The first-order valence-corrected chi connectivity index (χ1v) is 9.35. The van der Waals surface area contributed by atoms with Crippen LogP contribution in [0.3, 0.4) is 0 Å². The number of piperidine rings is 1. The molecule has 1 N–H and O–H groups in total. The summed E-state index contributed by atoms with van der Waals surface area (Å²) in [4.78, 5) is 17.1. The third kappa shape index (κ3) is 3.59. The molecule has 4 heteroatoms. The van der Waals surface area contributed by atoms with E-state index in [0.29, 0.717) is 25.0 Å². The first-order valence-electron chi connectivity index (χ1n) is 9.35. The molecule has 3 atom stereocenters. The van der Waals surface area contributed by atoms with Crippen LogP contribution in [0.1, 0.15) is 45.1 Å². The van der Waals surface area contributed by atoms with Gasteiger partial charge in [0.15, 0.2) is 0 Å². The van der Waals surface area contributed by atoms with E-state index in [-0.39, 0.29) is 18.4 Å². The standard InChI is InChI=1S/C20H30N2O2/c1-15-8-10-18-5-3-4-6-19(18)21(15)12-11-20(24)22-13-17(14-23)9-7-16(22)2/h3-6,15-17,23H,7-14H2,1-2H3. The van der Waals surface area contributed by atoms with Crippen molar-refractivity contribution in [2.75, 3.05) is 24.6 Å². The number of fused-ring (bicyclic) bond motifs is 1. The molecule has 24 heavy (non-hydrogen) atoms. The molecule has 0 saturated carbocycles. The molecule has 0 spiro atoms. The summed E-state index contributed by atoms with van der Waals surface area (Å²) >= 11 is 0. The second-order valence-corrected chi connectivity index (χ2v) is 7.48. The molecule has 4 nitrogen and oxygen atoms in total. The molecular formula is C20H30N2O2. The Hall–Kier alpha value is -1.55. The van der Waals surface area contributed by atoms with Crippen LogP contribution in [0.2, 0.25) is 0 Å². The Bertz CT molecular complexity index is 575. The van der Waals surface area contributed by atoms with Gasteiger partial charge in [0, 0.05) is 43.9 Å². The minimum absolute atomic E-state index is 0.188. The lowest BCUT2D eigenvalue weighted by Gasteiger charge is -2.40. The van der Waals surface area contributed by atoms with Crippen LogP contribution in [0, 0.1) is 5.92 Å². The molecule has 2 aliphatic heterocycles. The van der Waals surface area contributed by atoms with Gasteiger partial charge in [-0.3, -0.25) is 4.79 Å². The number of anilines is 1. The van der Waals surface area contributed by atoms with E-state index >= 15 is 0 Å². The maximum Gasteiger partial charge on any atom is 0.224 e. The summed E-state index contributed by atoms with van der Waals surface area (Å²) in [5.74, 6) is 0.482. The zero-order valence-electron chi connectivity index (χ0n) is 14.9. The van der Waals surface area contributed by atoms with E-state index < -0.39 is 0 Å². The quantitative estimate of drug-likeness (QED) is 0.923. The zero-order chi connectivity index (χ0) is 17.1. The average molecular weight is 330 g/mol. The molecule has 0 radical (unpaired) electrons. The molecule has 0 bridgehead atoms. The maximum absolute atomic E-state index is 12.7. The van der Waals surface area contributed by atoms with Gasteiger partial charge in [-0.1, -0.05) is 18.2 Å². The van der Waals surface area contributed by atoms with Crippen molar-refractivity contribution in [1.29, 1.82) is 0 Å². The summed E-state index contributed by atoms with van der Waals surface area (Å²) in [6.07, 6.45) is 4.86. The third-order valence-electron chi connectivity index (χ3n) is 5.79. The number of carbonyl (C=O) groups excluding carboxylic acids is 1. The molecule has 132 valence electrons. The first-order chi connectivity index (χ1) is 11.6. The number of hydrogen-bond donors (Lipinski definition) is 1. The molecule has 1 saturated heterocycles. The monoisotopic (exact) mass is 330 g/mol. The Morgan fingerprint density at radius 2 is 1.96 bits per heavy atom. The molecular weight excluding hydrogens is 300 g/mol. The Balaban J connectivity index is 1.63. The SMILES string of the molecule is CC1CCC(CO)CN1C(=O)CCN1c2ccccc2CCC1C. The average Bonchev–Trinajstić information content (AvgIpc) is 2.61. The molecule has 0 aliphatic carbocycles. The lowest BCUT2D eigenvalue weighted by Crippen LogP contribution is -2.48. The number of carbonyl (C=O) groups is 1. The number of aryl methyl sites for hydroxylation is 1. The van der Waals surface area contributed by atoms with E-state index in [4.69, 9.17) is 0 Å². The van der Waals surface area contributed by atoms with Crippen molar-refractivity contribution in [3.05, 3.63) is 29.8 Å². The van der Waals surface area contributed by atoms with Gasteiger partial charge in [-0.2, -0.15) is 0 Å². The van der Waals surface area contributed by atoms with Crippen molar-refractivity contribution < 1.29 is 9.90 Å². The van der Waals surface area contributed by atoms with Crippen molar-refractivity contribution in [1.82, 2.24) is 4.90 Å². The number of benzene rings is 1. The zero-order valence-corrected chi connectivity index (χ0v) is 14.9. The fourth-order valence-corrected chi connectivity index (χ4v) is 4.14. The molecule has 1 fully saturated rings. The second kappa shape index (κ2) is 7.56. The summed E-state index contributed by atoms with van der Waals surface area (Å²) in [6.45, 7) is 6.07. The highest BCUT2D eigenvalue weighted by Gasteiger charge is 2.29. The Kier molecular flexibility index (Phi) is 5.44. The fourth-order valence-electron chi connectivity index (χ4n) is 4.14. The van der Waals surface area contributed by atoms with E-state index in [2.05, 4.69) is 43.0 Å². The van der Waals surface area contributed by atoms with Crippen LogP contribution in [-0.4, -0.2) is 47.7 Å². The molecule has 2 heterocycles. The van der Waals surface area contributed by atoms with Gasteiger partial charge in [0.05, 0.1) is 0 Å². The van der Waals surface area contributed by atoms with E-state index in [1.807, 2.05) is 4.90 Å². The summed E-state index contributed by atoms with van der Waals surface area (Å²) in [5.41, 5.74) is 2.69. The predicted octanol–water partition coefficient (Wildman–Crippen LogP) is 2.84. The van der Waals surface area contributed by atoms with Crippen LogP contribution in [0.15, 0.2) is 24.3 Å². The van der Waals surface area contributed by atoms with E-state index in [0.717, 1.165) is 32.2 Å². The molecule has 1 aromatic rings. The van der Waals surface area contributed by atoms with Crippen molar-refractivity contribution in [3.63, 3.8) is 0 Å². The number of aliphatic hydroxyl groups excluding tert-OH is 1. The number of nitrogens with zero attached hydrogens (tertiary/aromatic N) is 2. The third-order valence-corrected chi connectivity index (χ3v) is 5.79. The van der Waals surface area contributed by atoms with E-state index in [1.165, 1.54) is 11.3 Å². The first kappa shape index (κ1) is 17.3. The molecule has 1 aromatic carbocycles. The highest BCUT2D eigenvalue weighted by Crippen LogP contribution is 2.30. The highest BCUT2D eigenvalue weighted by atomic mass is 16.3. The molecule has 3 unspecified atom stereocenters. The van der Waals surface area contributed by atoms with Crippen molar-refractivity contribution in [2.45, 2.75) is 58.0 Å². The number of para-hydroxylation sites is 1. The Morgan fingerprint density at radius 1 is 1.17 bits per heavy atom. The van der Waals surface area contributed by atoms with Crippen LogP contribution < -0.4 is 4.90 Å². The number of hydrogen-bond acceptors (Lipinski definition) is 3. The van der Waals surface area contributed by atoms with Gasteiger partial charge < -0.3 is 14.9 Å². The highest BCUT2D eigenvalue weighted by molar-refractivity contribution is 5.77. The number of aliphatic hydroxyl groups is 1. The van der Waals surface area contributed by atoms with Gasteiger partial charge in [0.25, 0.3) is 0 Å². The summed E-state index contributed by atoms with van der Waals surface area (Å²) in [7, 11) is 0. The molecule has 0 aromatic heterocycles. The molecule has 3 rings (SSSR count). The largest absolute Gasteiger partial charge is 0.396 e. The lowest BCUT2D eigenvalue weighted by molar-refractivity contribution is -0.135. The summed E-state index contributed by atoms with van der Waals surface area (Å²) in [6, 6.07) is 9.35. The van der Waals surface area contributed by atoms with E-state index in [1.54, 1.807) is 0 Å². The fraction of sp³-hybridized carbons (Fsp3) is 0.650. The van der Waals surface area contributed by atoms with Gasteiger partial charge in [-0.15, -0.1) is 0 Å².